The lowest BCUT2D eigenvalue weighted by Gasteiger charge is -2.03. The Morgan fingerprint density at radius 2 is 1.79 bits per heavy atom. The molecule has 0 amide bonds. The second-order valence-corrected chi connectivity index (χ2v) is 4.71. The van der Waals surface area contributed by atoms with Crippen LogP contribution >= 0.6 is 0 Å². The number of carbonyl (C=O) groups excluding carboxylic acids is 1. The highest BCUT2D eigenvalue weighted by atomic mass is 16.1. The van der Waals surface area contributed by atoms with E-state index < -0.39 is 0 Å². The van der Waals surface area contributed by atoms with Crippen molar-refractivity contribution in [3.8, 4) is 0 Å². The molecule has 0 spiro atoms. The first-order valence-corrected chi connectivity index (χ1v) is 6.87. The first-order valence-electron chi connectivity index (χ1n) is 6.87. The minimum atomic E-state index is 0.162. The molecule has 0 aliphatic carbocycles. The number of aryl methyl sites for hydroxylation is 1. The van der Waals surface area contributed by atoms with Crippen molar-refractivity contribution in [2.45, 2.75) is 32.7 Å². The highest BCUT2D eigenvalue weighted by molar-refractivity contribution is 5.94. The van der Waals surface area contributed by atoms with Gasteiger partial charge in [-0.2, -0.15) is 4.57 Å². The zero-order valence-electron chi connectivity index (χ0n) is 11.4. The molecule has 2 heteroatoms. The molecule has 0 aliphatic heterocycles. The van der Waals surface area contributed by atoms with Crippen molar-refractivity contribution in [3.63, 3.8) is 0 Å². The summed E-state index contributed by atoms with van der Waals surface area (Å²) in [5.41, 5.74) is 2.01. The summed E-state index contributed by atoms with van der Waals surface area (Å²) in [6, 6.07) is 15.6. The lowest BCUT2D eigenvalue weighted by Crippen LogP contribution is -2.41. The van der Waals surface area contributed by atoms with Gasteiger partial charge in [-0.1, -0.05) is 49.7 Å². The molecule has 0 fully saturated rings. The van der Waals surface area contributed by atoms with Crippen molar-refractivity contribution >= 4 is 5.78 Å². The summed E-state index contributed by atoms with van der Waals surface area (Å²) in [6.45, 7) is 2.60. The Kier molecular flexibility index (Phi) is 4.85. The zero-order valence-corrected chi connectivity index (χ0v) is 11.4. The first-order chi connectivity index (χ1) is 9.31. The molecule has 1 aromatic carbocycles. The van der Waals surface area contributed by atoms with Crippen LogP contribution in [0.2, 0.25) is 0 Å². The SMILES string of the molecule is CCCCc1cccc[n+]1CC(=O)c1ccccc1. The minimum Gasteiger partial charge on any atom is -0.287 e. The zero-order chi connectivity index (χ0) is 13.5. The minimum absolute atomic E-state index is 0.162. The average Bonchev–Trinajstić information content (AvgIpc) is 2.47. The van der Waals surface area contributed by atoms with Crippen molar-refractivity contribution in [1.29, 1.82) is 0 Å². The molecular weight excluding hydrogens is 234 g/mol. The van der Waals surface area contributed by atoms with Crippen LogP contribution in [-0.2, 0) is 13.0 Å². The first kappa shape index (κ1) is 13.5. The smallest absolute Gasteiger partial charge is 0.227 e. The molecule has 0 saturated carbocycles. The predicted octanol–water partition coefficient (Wildman–Crippen LogP) is 3.20. The van der Waals surface area contributed by atoms with Gasteiger partial charge < -0.3 is 0 Å². The number of aromatic nitrogens is 1. The maximum absolute atomic E-state index is 12.2. The van der Waals surface area contributed by atoms with Gasteiger partial charge in [0.25, 0.3) is 0 Å². The molecule has 19 heavy (non-hydrogen) atoms. The van der Waals surface area contributed by atoms with E-state index in [9.17, 15) is 4.79 Å². The summed E-state index contributed by atoms with van der Waals surface area (Å²) in [5.74, 6) is 0.162. The summed E-state index contributed by atoms with van der Waals surface area (Å²) in [6.07, 6.45) is 5.34. The Labute approximate surface area is 114 Å². The number of ketones is 1. The second kappa shape index (κ2) is 6.83. The number of hydrogen-bond donors (Lipinski definition) is 0. The number of carbonyl (C=O) groups is 1. The largest absolute Gasteiger partial charge is 0.287 e. The van der Waals surface area contributed by atoms with Crippen LogP contribution in [0.15, 0.2) is 54.7 Å². The van der Waals surface area contributed by atoms with E-state index in [1.165, 1.54) is 12.1 Å². The fourth-order valence-electron chi connectivity index (χ4n) is 2.12. The second-order valence-electron chi connectivity index (χ2n) is 4.71. The highest BCUT2D eigenvalue weighted by Gasteiger charge is 2.15. The van der Waals surface area contributed by atoms with Gasteiger partial charge >= 0.3 is 0 Å². The topological polar surface area (TPSA) is 20.9 Å². The van der Waals surface area contributed by atoms with Gasteiger partial charge in [-0.05, 0) is 6.42 Å². The third-order valence-electron chi connectivity index (χ3n) is 3.23. The maximum Gasteiger partial charge on any atom is 0.227 e. The van der Waals surface area contributed by atoms with Crippen LogP contribution in [0.4, 0.5) is 0 Å². The highest BCUT2D eigenvalue weighted by Crippen LogP contribution is 2.03. The molecule has 98 valence electrons. The molecule has 2 rings (SSSR count). The molecule has 2 nitrogen and oxygen atoms in total. The van der Waals surface area contributed by atoms with Crippen LogP contribution < -0.4 is 4.57 Å². The van der Waals surface area contributed by atoms with Crippen molar-refractivity contribution in [1.82, 2.24) is 0 Å². The lowest BCUT2D eigenvalue weighted by atomic mass is 10.1. The van der Waals surface area contributed by atoms with Gasteiger partial charge in [-0.25, -0.2) is 0 Å². The quantitative estimate of drug-likeness (QED) is 0.573. The van der Waals surface area contributed by atoms with Gasteiger partial charge in [0.1, 0.15) is 0 Å². The summed E-state index contributed by atoms with van der Waals surface area (Å²) >= 11 is 0. The van der Waals surface area contributed by atoms with E-state index >= 15 is 0 Å². The van der Waals surface area contributed by atoms with Crippen molar-refractivity contribution in [2.24, 2.45) is 0 Å². The Morgan fingerprint density at radius 1 is 1.05 bits per heavy atom. The van der Waals surface area contributed by atoms with E-state index in [0.717, 1.165) is 18.4 Å². The van der Waals surface area contributed by atoms with E-state index in [1.807, 2.05) is 48.7 Å². The number of rotatable bonds is 6. The van der Waals surface area contributed by atoms with E-state index in [4.69, 9.17) is 0 Å². The maximum atomic E-state index is 12.2. The van der Waals surface area contributed by atoms with Crippen molar-refractivity contribution in [2.75, 3.05) is 0 Å². The number of benzene rings is 1. The molecule has 0 saturated heterocycles. The number of nitrogens with zero attached hydrogens (tertiary/aromatic N) is 1. The molecule has 1 heterocycles. The monoisotopic (exact) mass is 254 g/mol. The van der Waals surface area contributed by atoms with Gasteiger partial charge in [0.15, 0.2) is 11.9 Å². The Balaban J connectivity index is 2.12. The van der Waals surface area contributed by atoms with Gasteiger partial charge in [0, 0.05) is 24.1 Å². The van der Waals surface area contributed by atoms with Gasteiger partial charge in [-0.3, -0.25) is 4.79 Å². The van der Waals surface area contributed by atoms with Crippen molar-refractivity contribution in [3.05, 3.63) is 66.0 Å². The summed E-state index contributed by atoms with van der Waals surface area (Å²) in [5, 5.41) is 0. The van der Waals surface area contributed by atoms with E-state index in [0.29, 0.717) is 6.54 Å². The summed E-state index contributed by atoms with van der Waals surface area (Å²) < 4.78 is 2.06. The average molecular weight is 254 g/mol. The number of pyridine rings is 1. The fourth-order valence-corrected chi connectivity index (χ4v) is 2.12. The molecule has 1 aromatic heterocycles. The molecule has 2 aromatic rings. The number of unbranched alkanes of at least 4 members (excludes halogenated alkanes) is 1. The molecule has 0 bridgehead atoms. The Hall–Kier alpha value is -1.96. The van der Waals surface area contributed by atoms with Crippen LogP contribution in [0, 0.1) is 0 Å². The van der Waals surface area contributed by atoms with E-state index in [2.05, 4.69) is 17.6 Å². The Bertz CT molecular complexity index is 534. The third kappa shape index (κ3) is 3.75. The lowest BCUT2D eigenvalue weighted by molar-refractivity contribution is -0.690. The summed E-state index contributed by atoms with van der Waals surface area (Å²) in [7, 11) is 0. The fraction of sp³-hybridized carbons (Fsp3) is 0.294. The summed E-state index contributed by atoms with van der Waals surface area (Å²) in [4.78, 5) is 12.2. The molecule has 0 N–H and O–H groups in total. The molecule has 0 unspecified atom stereocenters. The van der Waals surface area contributed by atoms with Crippen LogP contribution in [0.5, 0.6) is 0 Å². The van der Waals surface area contributed by atoms with Gasteiger partial charge in [0.05, 0.1) is 0 Å². The van der Waals surface area contributed by atoms with Crippen LogP contribution in [0.1, 0.15) is 35.8 Å². The van der Waals surface area contributed by atoms with Crippen LogP contribution in [0.3, 0.4) is 0 Å². The predicted molar refractivity (Wildman–Crippen MR) is 76.0 cm³/mol. The Morgan fingerprint density at radius 3 is 2.53 bits per heavy atom. The molecule has 0 aliphatic rings. The standard InChI is InChI=1S/C17H20NO/c1-2-3-11-16-12-7-8-13-18(16)14-17(19)15-9-5-4-6-10-15/h4-10,12-13H,2-3,11,14H2,1H3/q+1. The van der Waals surface area contributed by atoms with Crippen LogP contribution in [0.25, 0.3) is 0 Å². The number of Topliss-reactive ketones (excluding diaryl/α,β-unsaturated/α-hetero) is 1. The van der Waals surface area contributed by atoms with E-state index in [-0.39, 0.29) is 5.78 Å². The van der Waals surface area contributed by atoms with Gasteiger partial charge in [0.2, 0.25) is 12.3 Å². The molecular formula is C17H20NO+. The third-order valence-corrected chi connectivity index (χ3v) is 3.23. The molecule has 0 radical (unpaired) electrons. The van der Waals surface area contributed by atoms with Crippen LogP contribution in [-0.4, -0.2) is 5.78 Å². The van der Waals surface area contributed by atoms with Gasteiger partial charge in [-0.15, -0.1) is 0 Å². The number of hydrogen-bond acceptors (Lipinski definition) is 1. The molecule has 0 atom stereocenters. The normalized spacial score (nSPS) is 10.4. The van der Waals surface area contributed by atoms with Crippen molar-refractivity contribution < 1.29 is 9.36 Å². The van der Waals surface area contributed by atoms with E-state index in [1.54, 1.807) is 0 Å².